The van der Waals surface area contributed by atoms with Crippen LogP contribution >= 0.6 is 11.6 Å². The van der Waals surface area contributed by atoms with Gasteiger partial charge in [0, 0.05) is 35.0 Å². The number of benzene rings is 2. The highest BCUT2D eigenvalue weighted by Crippen LogP contribution is 2.26. The number of pyridine rings is 1. The molecular weight excluding hydrogens is 466 g/mol. The number of piperidine rings is 1. The van der Waals surface area contributed by atoms with Crippen LogP contribution in [0, 0.1) is 5.92 Å². The van der Waals surface area contributed by atoms with Crippen LogP contribution in [-0.2, 0) is 15.0 Å². The number of halogens is 1. The van der Waals surface area contributed by atoms with Crippen molar-refractivity contribution >= 4 is 44.5 Å². The highest BCUT2D eigenvalue weighted by molar-refractivity contribution is 7.86. The van der Waals surface area contributed by atoms with Gasteiger partial charge in [0.15, 0.2) is 0 Å². The fourth-order valence-electron chi connectivity index (χ4n) is 3.79. The van der Waals surface area contributed by atoms with Gasteiger partial charge in [0.05, 0.1) is 16.8 Å². The molecule has 4 rings (SSSR count). The molecule has 2 amide bonds. The van der Waals surface area contributed by atoms with Crippen LogP contribution in [0.25, 0.3) is 22.2 Å². The number of carbonyl (C=O) groups is 2. The lowest BCUT2D eigenvalue weighted by Gasteiger charge is -2.28. The van der Waals surface area contributed by atoms with Crippen molar-refractivity contribution in [2.75, 3.05) is 13.1 Å². The summed E-state index contributed by atoms with van der Waals surface area (Å²) in [5.41, 5.74) is 7.32. The van der Waals surface area contributed by atoms with Gasteiger partial charge in [-0.1, -0.05) is 41.9 Å². The Bertz CT molecular complexity index is 1310. The zero-order valence-electron chi connectivity index (χ0n) is 17.5. The zero-order valence-corrected chi connectivity index (χ0v) is 19.1. The van der Waals surface area contributed by atoms with Crippen molar-refractivity contribution in [1.29, 1.82) is 0 Å². The van der Waals surface area contributed by atoms with Gasteiger partial charge in [0.1, 0.15) is 0 Å². The van der Waals surface area contributed by atoms with E-state index in [1.54, 1.807) is 30.3 Å². The van der Waals surface area contributed by atoms with Gasteiger partial charge < -0.3 is 0 Å². The number of amides is 2. The van der Waals surface area contributed by atoms with Gasteiger partial charge in [-0.15, -0.1) is 0 Å². The molecule has 2 aromatic carbocycles. The summed E-state index contributed by atoms with van der Waals surface area (Å²) in [7, 11) is -3.77. The molecule has 0 spiro atoms. The van der Waals surface area contributed by atoms with E-state index in [0.717, 1.165) is 9.87 Å². The molecule has 0 bridgehead atoms. The second-order valence-electron chi connectivity index (χ2n) is 7.74. The molecule has 2 heterocycles. The third-order valence-corrected chi connectivity index (χ3v) is 6.92. The van der Waals surface area contributed by atoms with E-state index in [2.05, 4.69) is 15.8 Å². The minimum Gasteiger partial charge on any atom is -0.273 e. The smallest absolute Gasteiger partial charge is 0.273 e. The number of hydrazine groups is 1. The minimum atomic E-state index is -3.77. The first kappa shape index (κ1) is 23.1. The summed E-state index contributed by atoms with van der Waals surface area (Å²) < 4.78 is 24.0. The monoisotopic (exact) mass is 487 g/mol. The lowest BCUT2D eigenvalue weighted by atomic mass is 9.97. The first-order valence-corrected chi connectivity index (χ1v) is 12.1. The van der Waals surface area contributed by atoms with Crippen LogP contribution < -0.4 is 16.0 Å². The Balaban J connectivity index is 1.50. The lowest BCUT2D eigenvalue weighted by molar-refractivity contribution is -0.126. The van der Waals surface area contributed by atoms with Gasteiger partial charge in [-0.2, -0.15) is 12.7 Å². The molecule has 1 saturated heterocycles. The largest absolute Gasteiger partial charge is 0.276 e. The van der Waals surface area contributed by atoms with Crippen molar-refractivity contribution in [3.05, 3.63) is 65.2 Å². The van der Waals surface area contributed by atoms with Crippen molar-refractivity contribution in [3.8, 4) is 11.3 Å². The van der Waals surface area contributed by atoms with Crippen LogP contribution in [0.1, 0.15) is 23.2 Å². The minimum absolute atomic E-state index is 0.157. The molecular formula is C22H22ClN5O4S. The number of para-hydroxylation sites is 1. The molecule has 11 heteroatoms. The maximum Gasteiger partial charge on any atom is 0.276 e. The Labute approximate surface area is 196 Å². The average molecular weight is 488 g/mol. The van der Waals surface area contributed by atoms with Gasteiger partial charge in [-0.25, -0.2) is 10.1 Å². The molecule has 0 radical (unpaired) electrons. The van der Waals surface area contributed by atoms with Gasteiger partial charge in [-0.05, 0) is 37.1 Å². The number of carbonyl (C=O) groups excluding carboxylic acids is 2. The molecule has 0 saturated carbocycles. The number of nitrogens with zero attached hydrogens (tertiary/aromatic N) is 2. The quantitative estimate of drug-likeness (QED) is 0.485. The molecule has 1 aromatic heterocycles. The molecule has 0 aliphatic carbocycles. The normalized spacial score (nSPS) is 15.3. The second-order valence-corrected chi connectivity index (χ2v) is 9.72. The van der Waals surface area contributed by atoms with Crippen molar-refractivity contribution in [1.82, 2.24) is 20.1 Å². The Hall–Kier alpha value is -3.05. The van der Waals surface area contributed by atoms with Crippen LogP contribution in [0.4, 0.5) is 0 Å². The van der Waals surface area contributed by atoms with Crippen LogP contribution in [0.3, 0.4) is 0 Å². The molecule has 0 atom stereocenters. The molecule has 9 nitrogen and oxygen atoms in total. The van der Waals surface area contributed by atoms with E-state index in [1.165, 1.54) is 0 Å². The first-order chi connectivity index (χ1) is 15.7. The van der Waals surface area contributed by atoms with Gasteiger partial charge >= 0.3 is 0 Å². The second kappa shape index (κ2) is 9.44. The van der Waals surface area contributed by atoms with Crippen LogP contribution in [0.2, 0.25) is 5.02 Å². The van der Waals surface area contributed by atoms with E-state index in [-0.39, 0.29) is 19.0 Å². The molecule has 33 heavy (non-hydrogen) atoms. The highest BCUT2D eigenvalue weighted by Gasteiger charge is 2.29. The number of hydrogen-bond donors (Lipinski definition) is 3. The fraction of sp³-hybridized carbons (Fsp3) is 0.227. The van der Waals surface area contributed by atoms with Crippen LogP contribution in [-0.4, -0.2) is 42.6 Å². The van der Waals surface area contributed by atoms with E-state index in [4.69, 9.17) is 16.7 Å². The van der Waals surface area contributed by atoms with E-state index in [1.807, 2.05) is 24.3 Å². The first-order valence-electron chi connectivity index (χ1n) is 10.3. The molecule has 1 aliphatic heterocycles. The predicted octanol–water partition coefficient (Wildman–Crippen LogP) is 2.23. The third-order valence-electron chi connectivity index (χ3n) is 5.58. The van der Waals surface area contributed by atoms with Crippen LogP contribution in [0.5, 0.6) is 0 Å². The maximum atomic E-state index is 13.0. The van der Waals surface area contributed by atoms with E-state index in [9.17, 15) is 18.0 Å². The predicted molar refractivity (Wildman–Crippen MR) is 125 cm³/mol. The van der Waals surface area contributed by atoms with Gasteiger partial charge in [0.25, 0.3) is 16.1 Å². The summed E-state index contributed by atoms with van der Waals surface area (Å²) in [6.07, 6.45) is 0.633. The number of nitrogens with one attached hydrogen (secondary N) is 2. The Kier molecular flexibility index (Phi) is 6.61. The molecule has 3 aromatic rings. The summed E-state index contributed by atoms with van der Waals surface area (Å²) in [5.74, 6) is -1.30. The zero-order chi connectivity index (χ0) is 23.6. The third kappa shape index (κ3) is 5.31. The van der Waals surface area contributed by atoms with Crippen molar-refractivity contribution in [2.45, 2.75) is 12.8 Å². The maximum absolute atomic E-state index is 13.0. The number of hydrogen-bond acceptors (Lipinski definition) is 5. The summed E-state index contributed by atoms with van der Waals surface area (Å²) in [6.45, 7) is 0.314. The molecule has 172 valence electrons. The fourth-order valence-corrected chi connectivity index (χ4v) is 4.64. The molecule has 1 aliphatic rings. The summed E-state index contributed by atoms with van der Waals surface area (Å²) in [5, 5.41) is 6.37. The summed E-state index contributed by atoms with van der Waals surface area (Å²) in [4.78, 5) is 30.2. The summed E-state index contributed by atoms with van der Waals surface area (Å²) >= 11 is 5.98. The molecule has 1 fully saturated rings. The molecule has 4 N–H and O–H groups in total. The van der Waals surface area contributed by atoms with Crippen LogP contribution in [0.15, 0.2) is 54.6 Å². The van der Waals surface area contributed by atoms with E-state index < -0.39 is 22.0 Å². The van der Waals surface area contributed by atoms with E-state index >= 15 is 0 Å². The number of aromatic nitrogens is 1. The van der Waals surface area contributed by atoms with Crippen molar-refractivity contribution < 1.29 is 18.0 Å². The average Bonchev–Trinajstić information content (AvgIpc) is 2.81. The Morgan fingerprint density at radius 2 is 1.70 bits per heavy atom. The number of rotatable bonds is 4. The lowest BCUT2D eigenvalue weighted by Crippen LogP contribution is -2.49. The number of fused-ring (bicyclic) bond motifs is 1. The molecule has 0 unspecified atom stereocenters. The highest BCUT2D eigenvalue weighted by atomic mass is 35.5. The summed E-state index contributed by atoms with van der Waals surface area (Å²) in [6, 6.07) is 16.0. The Morgan fingerprint density at radius 1 is 1.03 bits per heavy atom. The SMILES string of the molecule is NS(=O)(=O)N1CCC(C(=O)NNC(=O)c2cc(-c3ccc(Cl)cc3)nc3ccccc23)CC1. The Morgan fingerprint density at radius 3 is 2.36 bits per heavy atom. The van der Waals surface area contributed by atoms with Gasteiger partial charge in [-0.3, -0.25) is 20.4 Å². The standard InChI is InChI=1S/C22H22ClN5O4S/c23-16-7-5-14(6-8-16)20-13-18(17-3-1-2-4-19(17)25-20)22(30)27-26-21(29)15-9-11-28(12-10-15)33(24,31)32/h1-8,13,15H,9-12H2,(H,26,29)(H,27,30)(H2,24,31,32). The van der Waals surface area contributed by atoms with Gasteiger partial charge in [0.2, 0.25) is 5.91 Å². The topological polar surface area (TPSA) is 134 Å². The number of nitrogens with two attached hydrogens (primary N) is 1. The van der Waals surface area contributed by atoms with Crippen molar-refractivity contribution in [3.63, 3.8) is 0 Å². The van der Waals surface area contributed by atoms with E-state index in [0.29, 0.717) is 40.0 Å². The van der Waals surface area contributed by atoms with Crippen molar-refractivity contribution in [2.24, 2.45) is 11.1 Å².